The molecule has 1 aromatic heterocycles. The van der Waals surface area contributed by atoms with E-state index in [4.69, 9.17) is 4.98 Å². The largest absolute Gasteiger partial charge is 0.508 e. The van der Waals surface area contributed by atoms with Gasteiger partial charge in [-0.3, -0.25) is 0 Å². The zero-order valence-electron chi connectivity index (χ0n) is 12.2. The van der Waals surface area contributed by atoms with Crippen LogP contribution in [-0.4, -0.2) is 15.1 Å². The lowest BCUT2D eigenvalue weighted by Crippen LogP contribution is -2.14. The summed E-state index contributed by atoms with van der Waals surface area (Å²) in [5.74, 6) is 2.91. The number of aromatic amines is 1. The third-order valence-electron chi connectivity index (χ3n) is 4.68. The van der Waals surface area contributed by atoms with Crippen LogP contribution in [0.25, 0.3) is 11.0 Å². The van der Waals surface area contributed by atoms with Crippen LogP contribution in [0.2, 0.25) is 0 Å². The molecule has 1 aliphatic rings. The van der Waals surface area contributed by atoms with E-state index in [1.807, 2.05) is 6.07 Å². The highest BCUT2D eigenvalue weighted by Gasteiger charge is 2.24. The van der Waals surface area contributed by atoms with Gasteiger partial charge in [0.2, 0.25) is 0 Å². The minimum Gasteiger partial charge on any atom is -0.508 e. The van der Waals surface area contributed by atoms with Crippen molar-refractivity contribution < 1.29 is 5.11 Å². The van der Waals surface area contributed by atoms with E-state index in [1.165, 1.54) is 44.9 Å². The SMILES string of the molecule is CCCCC1CCC(c2nc3ccc(O)cc3[nH]2)CC1. The van der Waals surface area contributed by atoms with Gasteiger partial charge in [0, 0.05) is 12.0 Å². The predicted octanol–water partition coefficient (Wildman–Crippen LogP) is 4.73. The Balaban J connectivity index is 1.67. The smallest absolute Gasteiger partial charge is 0.117 e. The lowest BCUT2D eigenvalue weighted by Gasteiger charge is -2.27. The molecule has 0 atom stereocenters. The number of phenolic OH excluding ortho intramolecular Hbond substituents is 1. The van der Waals surface area contributed by atoms with Gasteiger partial charge in [0.15, 0.2) is 0 Å². The van der Waals surface area contributed by atoms with Gasteiger partial charge < -0.3 is 10.1 Å². The van der Waals surface area contributed by atoms with Crippen LogP contribution in [0, 0.1) is 5.92 Å². The van der Waals surface area contributed by atoms with Crippen molar-refractivity contribution in [2.45, 2.75) is 57.8 Å². The molecule has 3 heteroatoms. The number of hydrogen-bond donors (Lipinski definition) is 2. The molecule has 1 saturated carbocycles. The summed E-state index contributed by atoms with van der Waals surface area (Å²) >= 11 is 0. The van der Waals surface area contributed by atoms with Crippen molar-refractivity contribution >= 4 is 11.0 Å². The van der Waals surface area contributed by atoms with Gasteiger partial charge in [0.25, 0.3) is 0 Å². The molecule has 3 rings (SSSR count). The molecule has 1 aliphatic carbocycles. The van der Waals surface area contributed by atoms with Crippen molar-refractivity contribution in [1.29, 1.82) is 0 Å². The van der Waals surface area contributed by atoms with Crippen LogP contribution in [0.4, 0.5) is 0 Å². The molecule has 0 amide bonds. The number of unbranched alkanes of at least 4 members (excludes halogenated alkanes) is 1. The molecule has 1 fully saturated rings. The Morgan fingerprint density at radius 2 is 2.05 bits per heavy atom. The van der Waals surface area contributed by atoms with Crippen LogP contribution in [-0.2, 0) is 0 Å². The number of phenols is 1. The number of nitrogens with zero attached hydrogens (tertiary/aromatic N) is 1. The van der Waals surface area contributed by atoms with Gasteiger partial charge in [-0.1, -0.05) is 26.2 Å². The van der Waals surface area contributed by atoms with Crippen LogP contribution in [0.1, 0.15) is 63.6 Å². The van der Waals surface area contributed by atoms with E-state index in [-0.39, 0.29) is 0 Å². The molecule has 0 spiro atoms. The minimum absolute atomic E-state index is 0.302. The second-order valence-corrected chi connectivity index (χ2v) is 6.18. The Morgan fingerprint density at radius 3 is 2.80 bits per heavy atom. The van der Waals surface area contributed by atoms with Gasteiger partial charge in [0.05, 0.1) is 11.0 Å². The first-order valence-corrected chi connectivity index (χ1v) is 7.95. The number of hydrogen-bond acceptors (Lipinski definition) is 2. The molecular formula is C17H24N2O. The maximum atomic E-state index is 9.52. The van der Waals surface area contributed by atoms with E-state index in [1.54, 1.807) is 12.1 Å². The molecule has 0 aliphatic heterocycles. The van der Waals surface area contributed by atoms with E-state index in [9.17, 15) is 5.11 Å². The number of benzene rings is 1. The topological polar surface area (TPSA) is 48.9 Å². The fraction of sp³-hybridized carbons (Fsp3) is 0.588. The van der Waals surface area contributed by atoms with Crippen LogP contribution < -0.4 is 0 Å². The molecular weight excluding hydrogens is 248 g/mol. The summed E-state index contributed by atoms with van der Waals surface area (Å²) in [6.45, 7) is 2.27. The van der Waals surface area contributed by atoms with Gasteiger partial charge >= 0.3 is 0 Å². The van der Waals surface area contributed by atoms with Crippen LogP contribution >= 0.6 is 0 Å². The highest BCUT2D eigenvalue weighted by Crippen LogP contribution is 2.37. The summed E-state index contributed by atoms with van der Waals surface area (Å²) in [6, 6.07) is 5.35. The second-order valence-electron chi connectivity index (χ2n) is 6.18. The first kappa shape index (κ1) is 13.5. The Kier molecular flexibility index (Phi) is 3.95. The predicted molar refractivity (Wildman–Crippen MR) is 82.0 cm³/mol. The number of aromatic nitrogens is 2. The minimum atomic E-state index is 0.302. The van der Waals surface area contributed by atoms with Crippen LogP contribution in [0.15, 0.2) is 18.2 Å². The molecule has 0 bridgehead atoms. The summed E-state index contributed by atoms with van der Waals surface area (Å²) in [5, 5.41) is 9.52. The molecule has 0 unspecified atom stereocenters. The van der Waals surface area contributed by atoms with E-state index in [0.29, 0.717) is 11.7 Å². The Labute approximate surface area is 120 Å². The summed E-state index contributed by atoms with van der Waals surface area (Å²) in [7, 11) is 0. The number of H-pyrrole nitrogens is 1. The maximum Gasteiger partial charge on any atom is 0.117 e. The molecule has 108 valence electrons. The molecule has 0 saturated heterocycles. The average molecular weight is 272 g/mol. The first-order chi connectivity index (χ1) is 9.76. The quantitative estimate of drug-likeness (QED) is 0.845. The number of rotatable bonds is 4. The van der Waals surface area contributed by atoms with Gasteiger partial charge in [-0.15, -0.1) is 0 Å². The molecule has 2 N–H and O–H groups in total. The van der Waals surface area contributed by atoms with Gasteiger partial charge in [-0.2, -0.15) is 0 Å². The van der Waals surface area contributed by atoms with Crippen molar-refractivity contribution in [3.63, 3.8) is 0 Å². The lowest BCUT2D eigenvalue weighted by atomic mass is 9.79. The molecule has 2 aromatic rings. The third kappa shape index (κ3) is 2.82. The number of fused-ring (bicyclic) bond motifs is 1. The molecule has 3 nitrogen and oxygen atoms in total. The fourth-order valence-electron chi connectivity index (χ4n) is 3.43. The van der Waals surface area contributed by atoms with E-state index in [0.717, 1.165) is 22.8 Å². The summed E-state index contributed by atoms with van der Waals surface area (Å²) < 4.78 is 0. The van der Waals surface area contributed by atoms with Gasteiger partial charge in [0.1, 0.15) is 11.6 Å². The third-order valence-corrected chi connectivity index (χ3v) is 4.68. The van der Waals surface area contributed by atoms with Crippen LogP contribution in [0.3, 0.4) is 0 Å². The van der Waals surface area contributed by atoms with Crippen molar-refractivity contribution in [2.75, 3.05) is 0 Å². The Bertz CT molecular complexity index is 567. The number of nitrogens with one attached hydrogen (secondary N) is 1. The standard InChI is InChI=1S/C17H24N2O/c1-2-3-4-12-5-7-13(8-6-12)17-18-15-10-9-14(20)11-16(15)19-17/h9-13,20H,2-8H2,1H3,(H,18,19). The van der Waals surface area contributed by atoms with E-state index >= 15 is 0 Å². The number of imidazole rings is 1. The lowest BCUT2D eigenvalue weighted by molar-refractivity contribution is 0.299. The highest BCUT2D eigenvalue weighted by atomic mass is 16.3. The first-order valence-electron chi connectivity index (χ1n) is 7.95. The molecule has 0 radical (unpaired) electrons. The molecule has 20 heavy (non-hydrogen) atoms. The normalized spacial score (nSPS) is 23.2. The zero-order chi connectivity index (χ0) is 13.9. The maximum absolute atomic E-state index is 9.52. The van der Waals surface area contributed by atoms with Crippen molar-refractivity contribution in [1.82, 2.24) is 9.97 Å². The summed E-state index contributed by atoms with van der Waals surface area (Å²) in [4.78, 5) is 8.09. The van der Waals surface area contributed by atoms with E-state index < -0.39 is 0 Å². The average Bonchev–Trinajstić information content (AvgIpc) is 2.88. The monoisotopic (exact) mass is 272 g/mol. The zero-order valence-corrected chi connectivity index (χ0v) is 12.2. The molecule has 1 heterocycles. The summed E-state index contributed by atoms with van der Waals surface area (Å²) in [6.07, 6.45) is 9.27. The van der Waals surface area contributed by atoms with Gasteiger partial charge in [-0.25, -0.2) is 4.98 Å². The summed E-state index contributed by atoms with van der Waals surface area (Å²) in [5.41, 5.74) is 1.92. The van der Waals surface area contributed by atoms with Crippen molar-refractivity contribution in [2.24, 2.45) is 5.92 Å². The second kappa shape index (κ2) is 5.86. The Hall–Kier alpha value is -1.51. The molecule has 1 aromatic carbocycles. The number of aromatic hydroxyl groups is 1. The fourth-order valence-corrected chi connectivity index (χ4v) is 3.43. The van der Waals surface area contributed by atoms with Crippen molar-refractivity contribution in [3.05, 3.63) is 24.0 Å². The van der Waals surface area contributed by atoms with E-state index in [2.05, 4.69) is 11.9 Å². The highest BCUT2D eigenvalue weighted by molar-refractivity contribution is 5.76. The van der Waals surface area contributed by atoms with Crippen molar-refractivity contribution in [3.8, 4) is 5.75 Å². The van der Waals surface area contributed by atoms with Gasteiger partial charge in [-0.05, 0) is 43.7 Å². The van der Waals surface area contributed by atoms with Crippen LogP contribution in [0.5, 0.6) is 5.75 Å². The Morgan fingerprint density at radius 1 is 1.25 bits per heavy atom.